The summed E-state index contributed by atoms with van der Waals surface area (Å²) >= 11 is 0. The number of rotatable bonds is 4. The Labute approximate surface area is 104 Å². The van der Waals surface area contributed by atoms with Gasteiger partial charge in [0.05, 0.1) is 5.69 Å². The summed E-state index contributed by atoms with van der Waals surface area (Å²) in [7, 11) is 0. The molecule has 1 aliphatic heterocycles. The van der Waals surface area contributed by atoms with Crippen LogP contribution in [0.15, 0.2) is 24.4 Å². The molecule has 0 amide bonds. The third kappa shape index (κ3) is 2.67. The molecule has 1 unspecified atom stereocenters. The van der Waals surface area contributed by atoms with E-state index in [0.717, 1.165) is 37.7 Å². The highest BCUT2D eigenvalue weighted by atomic mass is 15.2. The maximum absolute atomic E-state index is 5.70. The van der Waals surface area contributed by atoms with Gasteiger partial charge in [-0.1, -0.05) is 6.07 Å². The maximum Gasteiger partial charge on any atom is 0.0544 e. The van der Waals surface area contributed by atoms with Crippen LogP contribution in [0.4, 0.5) is 0 Å². The Morgan fingerprint density at radius 1 is 1.47 bits per heavy atom. The van der Waals surface area contributed by atoms with Crippen molar-refractivity contribution in [2.45, 2.75) is 38.8 Å². The number of pyridine rings is 1. The lowest BCUT2D eigenvalue weighted by atomic mass is 9.86. The van der Waals surface area contributed by atoms with Crippen molar-refractivity contribution in [3.05, 3.63) is 30.1 Å². The first-order valence-electron chi connectivity index (χ1n) is 6.49. The van der Waals surface area contributed by atoms with Crippen molar-refractivity contribution < 1.29 is 0 Å². The largest absolute Gasteiger partial charge is 0.330 e. The molecule has 1 aliphatic rings. The van der Waals surface area contributed by atoms with Crippen molar-refractivity contribution in [1.29, 1.82) is 0 Å². The summed E-state index contributed by atoms with van der Waals surface area (Å²) in [6.45, 7) is 7.58. The van der Waals surface area contributed by atoms with Crippen LogP contribution < -0.4 is 5.73 Å². The van der Waals surface area contributed by atoms with E-state index in [2.05, 4.69) is 35.9 Å². The molecule has 0 aromatic carbocycles. The smallest absolute Gasteiger partial charge is 0.0544 e. The summed E-state index contributed by atoms with van der Waals surface area (Å²) in [5, 5.41) is 0. The number of hydrogen-bond acceptors (Lipinski definition) is 3. The van der Waals surface area contributed by atoms with E-state index >= 15 is 0 Å². The van der Waals surface area contributed by atoms with E-state index in [1.807, 2.05) is 12.3 Å². The number of aromatic nitrogens is 1. The average molecular weight is 233 g/mol. The lowest BCUT2D eigenvalue weighted by Crippen LogP contribution is -2.42. The summed E-state index contributed by atoms with van der Waals surface area (Å²) in [4.78, 5) is 6.95. The molecule has 0 spiro atoms. The second-order valence-electron chi connectivity index (χ2n) is 5.46. The standard InChI is InChI=1S/C14H23N3/c1-14(2)12(6-8-15)7-10-17(14)11-13-5-3-4-9-16-13/h3-5,9,12H,6-8,10-11,15H2,1-2H3. The van der Waals surface area contributed by atoms with Gasteiger partial charge in [0.2, 0.25) is 0 Å². The van der Waals surface area contributed by atoms with E-state index in [4.69, 9.17) is 5.73 Å². The first kappa shape index (κ1) is 12.5. The molecule has 1 atom stereocenters. The van der Waals surface area contributed by atoms with Crippen LogP contribution in [0.3, 0.4) is 0 Å². The van der Waals surface area contributed by atoms with Gasteiger partial charge in [-0.25, -0.2) is 0 Å². The first-order chi connectivity index (χ1) is 8.14. The second-order valence-corrected chi connectivity index (χ2v) is 5.46. The van der Waals surface area contributed by atoms with Gasteiger partial charge in [0, 0.05) is 18.3 Å². The van der Waals surface area contributed by atoms with E-state index in [-0.39, 0.29) is 5.54 Å². The fourth-order valence-electron chi connectivity index (χ4n) is 2.88. The van der Waals surface area contributed by atoms with E-state index in [1.165, 1.54) is 6.42 Å². The zero-order valence-corrected chi connectivity index (χ0v) is 10.9. The Kier molecular flexibility index (Phi) is 3.79. The Hall–Kier alpha value is -0.930. The molecule has 94 valence electrons. The SMILES string of the molecule is CC1(C)C(CCN)CCN1Cc1ccccn1. The van der Waals surface area contributed by atoms with Crippen LogP contribution in [-0.2, 0) is 6.54 Å². The van der Waals surface area contributed by atoms with Crippen LogP contribution >= 0.6 is 0 Å². The van der Waals surface area contributed by atoms with Gasteiger partial charge in [0.25, 0.3) is 0 Å². The number of nitrogens with two attached hydrogens (primary N) is 1. The van der Waals surface area contributed by atoms with Gasteiger partial charge in [0.15, 0.2) is 0 Å². The topological polar surface area (TPSA) is 42.1 Å². The third-order valence-electron chi connectivity index (χ3n) is 4.16. The molecule has 1 aromatic heterocycles. The van der Waals surface area contributed by atoms with Gasteiger partial charge < -0.3 is 5.73 Å². The predicted octanol–water partition coefficient (Wildman–Crippen LogP) is 2.03. The number of likely N-dealkylation sites (tertiary alicyclic amines) is 1. The Morgan fingerprint density at radius 2 is 2.29 bits per heavy atom. The van der Waals surface area contributed by atoms with Crippen LogP contribution in [-0.4, -0.2) is 28.5 Å². The lowest BCUT2D eigenvalue weighted by molar-refractivity contribution is 0.126. The highest BCUT2D eigenvalue weighted by Gasteiger charge is 2.40. The summed E-state index contributed by atoms with van der Waals surface area (Å²) < 4.78 is 0. The third-order valence-corrected chi connectivity index (χ3v) is 4.16. The summed E-state index contributed by atoms with van der Waals surface area (Å²) in [5.41, 5.74) is 7.10. The van der Waals surface area contributed by atoms with E-state index in [0.29, 0.717) is 0 Å². The van der Waals surface area contributed by atoms with Crippen molar-refractivity contribution in [3.8, 4) is 0 Å². The van der Waals surface area contributed by atoms with Crippen molar-refractivity contribution in [3.63, 3.8) is 0 Å². The highest BCUT2D eigenvalue weighted by Crippen LogP contribution is 2.37. The molecule has 0 aliphatic carbocycles. The molecule has 17 heavy (non-hydrogen) atoms. The molecule has 1 aromatic rings. The minimum atomic E-state index is 0.247. The minimum absolute atomic E-state index is 0.247. The van der Waals surface area contributed by atoms with Crippen LogP contribution in [0.2, 0.25) is 0 Å². The Balaban J connectivity index is 2.03. The molecule has 1 saturated heterocycles. The average Bonchev–Trinajstić information content (AvgIpc) is 2.58. The van der Waals surface area contributed by atoms with Gasteiger partial charge >= 0.3 is 0 Å². The minimum Gasteiger partial charge on any atom is -0.330 e. The summed E-state index contributed by atoms with van der Waals surface area (Å²) in [6.07, 6.45) is 4.26. The van der Waals surface area contributed by atoms with Gasteiger partial charge in [-0.3, -0.25) is 9.88 Å². The zero-order chi connectivity index (χ0) is 12.3. The normalized spacial score (nSPS) is 24.1. The van der Waals surface area contributed by atoms with E-state index in [9.17, 15) is 0 Å². The van der Waals surface area contributed by atoms with Gasteiger partial charge in [-0.05, 0) is 57.8 Å². The van der Waals surface area contributed by atoms with E-state index < -0.39 is 0 Å². The van der Waals surface area contributed by atoms with Gasteiger partial charge in [-0.15, -0.1) is 0 Å². The molecule has 0 bridgehead atoms. The highest BCUT2D eigenvalue weighted by molar-refractivity contribution is 5.06. The molecule has 0 radical (unpaired) electrons. The van der Waals surface area contributed by atoms with Crippen molar-refractivity contribution >= 4 is 0 Å². The molecule has 3 heteroatoms. The molecule has 2 N–H and O–H groups in total. The number of nitrogens with zero attached hydrogens (tertiary/aromatic N) is 2. The molecule has 2 heterocycles. The quantitative estimate of drug-likeness (QED) is 0.865. The fourth-order valence-corrected chi connectivity index (χ4v) is 2.88. The van der Waals surface area contributed by atoms with Crippen LogP contribution in [0.1, 0.15) is 32.4 Å². The molecule has 2 rings (SSSR count). The zero-order valence-electron chi connectivity index (χ0n) is 10.9. The van der Waals surface area contributed by atoms with Crippen LogP contribution in [0.25, 0.3) is 0 Å². The first-order valence-corrected chi connectivity index (χ1v) is 6.49. The van der Waals surface area contributed by atoms with Gasteiger partial charge in [0.1, 0.15) is 0 Å². The number of hydrogen-bond donors (Lipinski definition) is 1. The van der Waals surface area contributed by atoms with E-state index in [1.54, 1.807) is 0 Å². The van der Waals surface area contributed by atoms with Crippen molar-refractivity contribution in [2.24, 2.45) is 11.7 Å². The second kappa shape index (κ2) is 5.15. The summed E-state index contributed by atoms with van der Waals surface area (Å²) in [5.74, 6) is 0.719. The van der Waals surface area contributed by atoms with Crippen molar-refractivity contribution in [1.82, 2.24) is 9.88 Å². The monoisotopic (exact) mass is 233 g/mol. The van der Waals surface area contributed by atoms with Gasteiger partial charge in [-0.2, -0.15) is 0 Å². The van der Waals surface area contributed by atoms with Crippen LogP contribution in [0.5, 0.6) is 0 Å². The molecular weight excluding hydrogens is 210 g/mol. The molecule has 0 saturated carbocycles. The molecule has 1 fully saturated rings. The van der Waals surface area contributed by atoms with Crippen LogP contribution in [0, 0.1) is 5.92 Å². The predicted molar refractivity (Wildman–Crippen MR) is 70.5 cm³/mol. The molecule has 3 nitrogen and oxygen atoms in total. The van der Waals surface area contributed by atoms with Crippen molar-refractivity contribution in [2.75, 3.05) is 13.1 Å². The molecular formula is C14H23N3. The Bertz CT molecular complexity index is 348. The fraction of sp³-hybridized carbons (Fsp3) is 0.643. The Morgan fingerprint density at radius 3 is 2.94 bits per heavy atom. The summed E-state index contributed by atoms with van der Waals surface area (Å²) in [6, 6.07) is 6.13. The lowest BCUT2D eigenvalue weighted by Gasteiger charge is -2.36. The maximum atomic E-state index is 5.70.